The van der Waals surface area contributed by atoms with Gasteiger partial charge in [0.05, 0.1) is 6.07 Å². The van der Waals surface area contributed by atoms with Gasteiger partial charge < -0.3 is 4.79 Å². The second-order valence-corrected chi connectivity index (χ2v) is 5.40. The molecule has 2 nitrogen and oxygen atoms in total. The summed E-state index contributed by atoms with van der Waals surface area (Å²) in [5, 5.41) is 8.92. The number of carbonyl (C=O) groups is 1. The van der Waals surface area contributed by atoms with Gasteiger partial charge in [-0.1, -0.05) is 6.92 Å². The molecule has 14 heavy (non-hydrogen) atoms. The van der Waals surface area contributed by atoms with Crippen LogP contribution in [0.4, 0.5) is 0 Å². The van der Waals surface area contributed by atoms with E-state index in [9.17, 15) is 4.79 Å². The van der Waals surface area contributed by atoms with E-state index in [0.29, 0.717) is 24.0 Å². The van der Waals surface area contributed by atoms with Crippen molar-refractivity contribution in [1.29, 1.82) is 5.26 Å². The van der Waals surface area contributed by atoms with Gasteiger partial charge in [0.2, 0.25) is 0 Å². The Morgan fingerprint density at radius 3 is 2.71 bits per heavy atom. The zero-order valence-electron chi connectivity index (χ0n) is 8.92. The standard InChI is InChI=1S/C12H17NO/c1-8(14)5-12(2)6-9-3-11(12)4-10(9)7-13/h9-11H,3-6H2,1-2H3. The highest BCUT2D eigenvalue weighted by molar-refractivity contribution is 5.76. The summed E-state index contributed by atoms with van der Waals surface area (Å²) in [7, 11) is 0. The maximum absolute atomic E-state index is 11.2. The lowest BCUT2D eigenvalue weighted by molar-refractivity contribution is -0.119. The average molecular weight is 191 g/mol. The summed E-state index contributed by atoms with van der Waals surface area (Å²) in [6.45, 7) is 3.91. The molecule has 4 unspecified atom stereocenters. The maximum atomic E-state index is 11.2. The Morgan fingerprint density at radius 2 is 2.29 bits per heavy atom. The fraction of sp³-hybridized carbons (Fsp3) is 0.833. The van der Waals surface area contributed by atoms with Crippen molar-refractivity contribution >= 4 is 5.78 Å². The average Bonchev–Trinajstić information content (AvgIpc) is 2.57. The van der Waals surface area contributed by atoms with E-state index in [1.54, 1.807) is 6.92 Å². The SMILES string of the molecule is CC(=O)CC1(C)CC2CC1CC2C#N. The smallest absolute Gasteiger partial charge is 0.130 e. The van der Waals surface area contributed by atoms with Crippen molar-refractivity contribution in [3.05, 3.63) is 0 Å². The molecule has 0 amide bonds. The highest BCUT2D eigenvalue weighted by Crippen LogP contribution is 2.59. The van der Waals surface area contributed by atoms with Gasteiger partial charge in [-0.3, -0.25) is 0 Å². The van der Waals surface area contributed by atoms with Gasteiger partial charge in [0.25, 0.3) is 0 Å². The van der Waals surface area contributed by atoms with Crippen molar-refractivity contribution in [2.45, 2.75) is 39.5 Å². The van der Waals surface area contributed by atoms with E-state index >= 15 is 0 Å². The highest BCUT2D eigenvalue weighted by atomic mass is 16.1. The molecule has 2 bridgehead atoms. The minimum atomic E-state index is 0.212. The van der Waals surface area contributed by atoms with Crippen molar-refractivity contribution in [3.63, 3.8) is 0 Å². The van der Waals surface area contributed by atoms with Crippen LogP contribution in [0.25, 0.3) is 0 Å². The molecule has 2 rings (SSSR count). The molecular formula is C12H17NO. The minimum absolute atomic E-state index is 0.212. The molecule has 2 aliphatic rings. The van der Waals surface area contributed by atoms with Gasteiger partial charge in [0.1, 0.15) is 5.78 Å². The minimum Gasteiger partial charge on any atom is -0.300 e. The third-order valence-corrected chi connectivity index (χ3v) is 4.23. The third kappa shape index (κ3) is 1.35. The Balaban J connectivity index is 2.09. The van der Waals surface area contributed by atoms with Crippen LogP contribution in [0.3, 0.4) is 0 Å². The number of rotatable bonds is 2. The molecular weight excluding hydrogens is 174 g/mol. The number of nitrogens with zero attached hydrogens (tertiary/aromatic N) is 1. The quantitative estimate of drug-likeness (QED) is 0.673. The summed E-state index contributed by atoms with van der Waals surface area (Å²) < 4.78 is 0. The van der Waals surface area contributed by atoms with Gasteiger partial charge in [0.15, 0.2) is 0 Å². The maximum Gasteiger partial charge on any atom is 0.130 e. The van der Waals surface area contributed by atoms with Gasteiger partial charge in [-0.05, 0) is 43.4 Å². The van der Waals surface area contributed by atoms with Crippen LogP contribution in [0.1, 0.15) is 39.5 Å². The molecule has 4 atom stereocenters. The van der Waals surface area contributed by atoms with E-state index in [0.717, 1.165) is 12.8 Å². The van der Waals surface area contributed by atoms with Gasteiger partial charge in [-0.15, -0.1) is 0 Å². The molecule has 0 spiro atoms. The molecule has 0 aromatic heterocycles. The summed E-state index contributed by atoms with van der Waals surface area (Å²) in [5.74, 6) is 1.78. The van der Waals surface area contributed by atoms with Gasteiger partial charge in [-0.2, -0.15) is 5.26 Å². The molecule has 0 aromatic rings. The molecule has 0 aliphatic heterocycles. The van der Waals surface area contributed by atoms with Crippen molar-refractivity contribution < 1.29 is 4.79 Å². The van der Waals surface area contributed by atoms with Crippen LogP contribution in [0.5, 0.6) is 0 Å². The molecule has 2 saturated carbocycles. The molecule has 0 saturated heterocycles. The van der Waals surface area contributed by atoms with Crippen LogP contribution < -0.4 is 0 Å². The predicted octanol–water partition coefficient (Wildman–Crippen LogP) is 2.54. The summed E-state index contributed by atoms with van der Waals surface area (Å²) in [6, 6.07) is 2.40. The Hall–Kier alpha value is -0.840. The zero-order valence-corrected chi connectivity index (χ0v) is 8.92. The molecule has 76 valence electrons. The van der Waals surface area contributed by atoms with Gasteiger partial charge >= 0.3 is 0 Å². The number of Topliss-reactive ketones (excluding diaryl/α,β-unsaturated/α-hetero) is 1. The molecule has 2 aliphatic carbocycles. The number of ketones is 1. The first kappa shape index (κ1) is 9.71. The number of nitriles is 1. The van der Waals surface area contributed by atoms with Crippen LogP contribution in [0.2, 0.25) is 0 Å². The fourth-order valence-electron chi connectivity index (χ4n) is 3.63. The third-order valence-electron chi connectivity index (χ3n) is 4.23. The largest absolute Gasteiger partial charge is 0.300 e. The lowest BCUT2D eigenvalue weighted by atomic mass is 9.69. The zero-order chi connectivity index (χ0) is 10.3. The van der Waals surface area contributed by atoms with E-state index in [1.165, 1.54) is 6.42 Å². The second-order valence-electron chi connectivity index (χ2n) is 5.40. The van der Waals surface area contributed by atoms with Gasteiger partial charge in [0, 0.05) is 12.3 Å². The molecule has 0 heterocycles. The monoisotopic (exact) mass is 191 g/mol. The first-order valence-electron chi connectivity index (χ1n) is 5.44. The number of carbonyl (C=O) groups excluding carboxylic acids is 1. The summed E-state index contributed by atoms with van der Waals surface area (Å²) >= 11 is 0. The van der Waals surface area contributed by atoms with Crippen molar-refractivity contribution in [1.82, 2.24) is 0 Å². The van der Waals surface area contributed by atoms with Crippen LogP contribution in [0.15, 0.2) is 0 Å². The van der Waals surface area contributed by atoms with Crippen molar-refractivity contribution in [3.8, 4) is 6.07 Å². The van der Waals surface area contributed by atoms with E-state index in [4.69, 9.17) is 5.26 Å². The lowest BCUT2D eigenvalue weighted by Gasteiger charge is -2.34. The van der Waals surface area contributed by atoms with E-state index in [1.807, 2.05) is 0 Å². The first-order chi connectivity index (χ1) is 6.55. The lowest BCUT2D eigenvalue weighted by Crippen LogP contribution is -2.29. The summed E-state index contributed by atoms with van der Waals surface area (Å²) in [6.07, 6.45) is 4.02. The Labute approximate surface area is 85.3 Å². The van der Waals surface area contributed by atoms with Crippen molar-refractivity contribution in [2.24, 2.45) is 23.2 Å². The van der Waals surface area contributed by atoms with E-state index in [-0.39, 0.29) is 11.3 Å². The van der Waals surface area contributed by atoms with Crippen LogP contribution in [-0.2, 0) is 4.79 Å². The molecule has 0 radical (unpaired) electrons. The molecule has 2 fully saturated rings. The summed E-state index contributed by atoms with van der Waals surface area (Å²) in [5.41, 5.74) is 0.212. The second kappa shape index (κ2) is 3.08. The van der Waals surface area contributed by atoms with E-state index < -0.39 is 0 Å². The molecule has 0 aromatic carbocycles. The Morgan fingerprint density at radius 1 is 1.57 bits per heavy atom. The fourth-order valence-corrected chi connectivity index (χ4v) is 3.63. The van der Waals surface area contributed by atoms with E-state index in [2.05, 4.69) is 13.0 Å². The molecule has 0 N–H and O–H groups in total. The summed E-state index contributed by atoms with van der Waals surface area (Å²) in [4.78, 5) is 11.2. The number of hydrogen-bond donors (Lipinski definition) is 0. The van der Waals surface area contributed by atoms with Crippen LogP contribution in [0, 0.1) is 34.5 Å². The normalized spacial score (nSPS) is 45.1. The molecule has 2 heteroatoms. The highest BCUT2D eigenvalue weighted by Gasteiger charge is 2.52. The first-order valence-corrected chi connectivity index (χ1v) is 5.44. The Kier molecular flexibility index (Phi) is 2.14. The van der Waals surface area contributed by atoms with Crippen molar-refractivity contribution in [2.75, 3.05) is 0 Å². The Bertz CT molecular complexity index is 304. The van der Waals surface area contributed by atoms with Crippen LogP contribution >= 0.6 is 0 Å². The number of hydrogen-bond acceptors (Lipinski definition) is 2. The number of fused-ring (bicyclic) bond motifs is 2. The van der Waals surface area contributed by atoms with Crippen LogP contribution in [-0.4, -0.2) is 5.78 Å². The van der Waals surface area contributed by atoms with Gasteiger partial charge in [-0.25, -0.2) is 0 Å². The predicted molar refractivity (Wildman–Crippen MR) is 53.3 cm³/mol. The topological polar surface area (TPSA) is 40.9 Å².